The normalized spacial score (nSPS) is 11.4. The minimum absolute atomic E-state index is 0.206. The van der Waals surface area contributed by atoms with Gasteiger partial charge in [0.1, 0.15) is 28.6 Å². The van der Waals surface area contributed by atoms with Gasteiger partial charge in [-0.2, -0.15) is 0 Å². The standard InChI is InChI=1S/C19H17N5O2S2/c1-10-11(2)28-18-16(10)17(21-9-22-18)27-8-15-23-13-6-4-3-5-12(13)19(26)24(15)7-14(20)25/h3-6,9H,7-8H2,1-2H3,(H2,20,25). The highest BCUT2D eigenvalue weighted by molar-refractivity contribution is 7.98. The third kappa shape index (κ3) is 3.27. The van der Waals surface area contributed by atoms with Crippen molar-refractivity contribution >= 4 is 50.1 Å². The van der Waals surface area contributed by atoms with Gasteiger partial charge in [-0.3, -0.25) is 14.2 Å². The smallest absolute Gasteiger partial charge is 0.261 e. The van der Waals surface area contributed by atoms with Gasteiger partial charge in [-0.25, -0.2) is 15.0 Å². The Labute approximate surface area is 168 Å². The van der Waals surface area contributed by atoms with E-state index in [9.17, 15) is 9.59 Å². The van der Waals surface area contributed by atoms with Gasteiger partial charge in [0, 0.05) is 10.3 Å². The van der Waals surface area contributed by atoms with Gasteiger partial charge in [-0.1, -0.05) is 23.9 Å². The number of amides is 1. The lowest BCUT2D eigenvalue weighted by molar-refractivity contribution is -0.118. The topological polar surface area (TPSA) is 104 Å². The van der Waals surface area contributed by atoms with Crippen molar-refractivity contribution in [2.24, 2.45) is 5.73 Å². The van der Waals surface area contributed by atoms with Gasteiger partial charge < -0.3 is 5.73 Å². The summed E-state index contributed by atoms with van der Waals surface area (Å²) < 4.78 is 1.35. The van der Waals surface area contributed by atoms with E-state index < -0.39 is 5.91 Å². The Kier molecular flexibility index (Phi) is 4.86. The van der Waals surface area contributed by atoms with Crippen LogP contribution < -0.4 is 11.3 Å². The first-order valence-electron chi connectivity index (χ1n) is 8.56. The van der Waals surface area contributed by atoms with Gasteiger partial charge >= 0.3 is 0 Å². The molecule has 3 aromatic heterocycles. The molecule has 1 aromatic carbocycles. The fourth-order valence-electron chi connectivity index (χ4n) is 3.04. The molecule has 0 aliphatic rings. The summed E-state index contributed by atoms with van der Waals surface area (Å²) in [5, 5.41) is 2.32. The van der Waals surface area contributed by atoms with Crippen LogP contribution in [0.25, 0.3) is 21.1 Å². The maximum absolute atomic E-state index is 12.8. The molecular formula is C19H17N5O2S2. The first kappa shape index (κ1) is 18.6. The highest BCUT2D eigenvalue weighted by atomic mass is 32.2. The molecule has 0 aliphatic carbocycles. The van der Waals surface area contributed by atoms with Crippen LogP contribution in [0.3, 0.4) is 0 Å². The first-order valence-corrected chi connectivity index (χ1v) is 10.4. The summed E-state index contributed by atoms with van der Waals surface area (Å²) in [5.41, 5.74) is 6.84. The lowest BCUT2D eigenvalue weighted by Crippen LogP contribution is -2.31. The van der Waals surface area contributed by atoms with Crippen molar-refractivity contribution < 1.29 is 4.79 Å². The van der Waals surface area contributed by atoms with Crippen LogP contribution in [-0.4, -0.2) is 25.4 Å². The Morgan fingerprint density at radius 2 is 2.04 bits per heavy atom. The molecular weight excluding hydrogens is 394 g/mol. The Balaban J connectivity index is 1.78. The van der Waals surface area contributed by atoms with E-state index in [1.165, 1.54) is 21.2 Å². The zero-order valence-electron chi connectivity index (χ0n) is 15.3. The maximum Gasteiger partial charge on any atom is 0.261 e. The minimum Gasteiger partial charge on any atom is -0.368 e. The van der Waals surface area contributed by atoms with Crippen molar-refractivity contribution in [1.29, 1.82) is 0 Å². The molecule has 0 unspecified atom stereocenters. The number of aryl methyl sites for hydroxylation is 2. The second-order valence-electron chi connectivity index (χ2n) is 6.33. The molecule has 28 heavy (non-hydrogen) atoms. The van der Waals surface area contributed by atoms with Crippen molar-refractivity contribution in [3.63, 3.8) is 0 Å². The predicted molar refractivity (Wildman–Crippen MR) is 112 cm³/mol. The molecule has 0 aliphatic heterocycles. The van der Waals surface area contributed by atoms with E-state index in [1.54, 1.807) is 35.9 Å². The Hall–Kier alpha value is -2.78. The van der Waals surface area contributed by atoms with Crippen molar-refractivity contribution in [3.8, 4) is 0 Å². The SMILES string of the molecule is Cc1sc2ncnc(SCc3nc4ccccc4c(=O)n3CC(N)=O)c2c1C. The van der Waals surface area contributed by atoms with E-state index in [2.05, 4.69) is 28.8 Å². The van der Waals surface area contributed by atoms with E-state index in [4.69, 9.17) is 5.73 Å². The summed E-state index contributed by atoms with van der Waals surface area (Å²) in [7, 11) is 0. The molecule has 4 rings (SSSR count). The van der Waals surface area contributed by atoms with Gasteiger partial charge in [0.25, 0.3) is 5.56 Å². The molecule has 2 N–H and O–H groups in total. The molecule has 7 nitrogen and oxygen atoms in total. The summed E-state index contributed by atoms with van der Waals surface area (Å²) in [4.78, 5) is 39.9. The highest BCUT2D eigenvalue weighted by Crippen LogP contribution is 2.35. The number of rotatable bonds is 5. The number of carbonyl (C=O) groups is 1. The van der Waals surface area contributed by atoms with E-state index in [0.29, 0.717) is 22.5 Å². The number of thiophene rings is 1. The molecule has 0 atom stereocenters. The number of fused-ring (bicyclic) bond motifs is 2. The lowest BCUT2D eigenvalue weighted by atomic mass is 10.2. The molecule has 4 aromatic rings. The van der Waals surface area contributed by atoms with E-state index >= 15 is 0 Å². The summed E-state index contributed by atoms with van der Waals surface area (Å²) in [6.07, 6.45) is 1.55. The zero-order chi connectivity index (χ0) is 19.8. The number of aromatic nitrogens is 4. The van der Waals surface area contributed by atoms with Crippen LogP contribution in [0.1, 0.15) is 16.3 Å². The van der Waals surface area contributed by atoms with Crippen LogP contribution in [0.5, 0.6) is 0 Å². The number of benzene rings is 1. The second-order valence-corrected chi connectivity index (χ2v) is 8.50. The molecule has 0 radical (unpaired) electrons. The molecule has 142 valence electrons. The average Bonchev–Trinajstić information content (AvgIpc) is 2.97. The third-order valence-electron chi connectivity index (χ3n) is 4.52. The van der Waals surface area contributed by atoms with Gasteiger partial charge in [0.05, 0.1) is 16.7 Å². The summed E-state index contributed by atoms with van der Waals surface area (Å²) in [6.45, 7) is 3.91. The molecule has 0 bridgehead atoms. The number of nitrogens with two attached hydrogens (primary N) is 1. The minimum atomic E-state index is -0.584. The Morgan fingerprint density at radius 3 is 2.82 bits per heavy atom. The molecule has 9 heteroatoms. The van der Waals surface area contributed by atoms with Crippen molar-refractivity contribution in [1.82, 2.24) is 19.5 Å². The summed E-state index contributed by atoms with van der Waals surface area (Å²) in [6, 6.07) is 7.09. The molecule has 0 spiro atoms. The summed E-state index contributed by atoms with van der Waals surface area (Å²) >= 11 is 3.10. The highest BCUT2D eigenvalue weighted by Gasteiger charge is 2.16. The van der Waals surface area contributed by atoms with E-state index in [-0.39, 0.29) is 12.1 Å². The zero-order valence-corrected chi connectivity index (χ0v) is 16.9. The first-order chi connectivity index (χ1) is 13.5. The van der Waals surface area contributed by atoms with Crippen LogP contribution in [0.2, 0.25) is 0 Å². The van der Waals surface area contributed by atoms with Crippen molar-refractivity contribution in [2.75, 3.05) is 0 Å². The fraction of sp³-hybridized carbons (Fsp3) is 0.211. The van der Waals surface area contributed by atoms with Crippen LogP contribution in [0.15, 0.2) is 40.4 Å². The number of thioether (sulfide) groups is 1. The average molecular weight is 412 g/mol. The third-order valence-corrected chi connectivity index (χ3v) is 6.62. The monoisotopic (exact) mass is 411 g/mol. The van der Waals surface area contributed by atoms with E-state index in [1.807, 2.05) is 6.07 Å². The number of carbonyl (C=O) groups excluding carboxylic acids is 1. The van der Waals surface area contributed by atoms with Gasteiger partial charge in [0.15, 0.2) is 0 Å². The molecule has 0 fully saturated rings. The Bertz CT molecular complexity index is 1280. The van der Waals surface area contributed by atoms with Crippen LogP contribution in [0.4, 0.5) is 0 Å². The number of primary amides is 1. The van der Waals surface area contributed by atoms with Crippen molar-refractivity contribution in [3.05, 3.63) is 57.2 Å². The Morgan fingerprint density at radius 1 is 1.25 bits per heavy atom. The summed E-state index contributed by atoms with van der Waals surface area (Å²) in [5.74, 6) is 0.288. The number of para-hydroxylation sites is 1. The van der Waals surface area contributed by atoms with Crippen molar-refractivity contribution in [2.45, 2.75) is 31.2 Å². The molecule has 0 saturated carbocycles. The lowest BCUT2D eigenvalue weighted by Gasteiger charge is -2.12. The van der Waals surface area contributed by atoms with Crippen LogP contribution in [0, 0.1) is 13.8 Å². The van der Waals surface area contributed by atoms with Gasteiger partial charge in [0.2, 0.25) is 5.91 Å². The fourth-order valence-corrected chi connectivity index (χ4v) is 5.10. The van der Waals surface area contributed by atoms with Crippen LogP contribution >= 0.6 is 23.1 Å². The number of hydrogen-bond acceptors (Lipinski definition) is 7. The molecule has 0 saturated heterocycles. The second kappa shape index (κ2) is 7.33. The maximum atomic E-state index is 12.8. The van der Waals surface area contributed by atoms with E-state index in [0.717, 1.165) is 20.8 Å². The molecule has 1 amide bonds. The predicted octanol–water partition coefficient (Wildman–Crippen LogP) is 2.80. The quantitative estimate of drug-likeness (QED) is 0.400. The van der Waals surface area contributed by atoms with Gasteiger partial charge in [-0.15, -0.1) is 11.3 Å². The van der Waals surface area contributed by atoms with Crippen LogP contribution in [-0.2, 0) is 17.1 Å². The number of nitrogens with zero attached hydrogens (tertiary/aromatic N) is 4. The largest absolute Gasteiger partial charge is 0.368 e. The number of hydrogen-bond donors (Lipinski definition) is 1. The molecule has 3 heterocycles. The van der Waals surface area contributed by atoms with Gasteiger partial charge in [-0.05, 0) is 31.5 Å².